The summed E-state index contributed by atoms with van der Waals surface area (Å²) in [6, 6.07) is 8.73. The third-order valence-corrected chi connectivity index (χ3v) is 6.96. The number of allylic oxidation sites excluding steroid dienone is 2. The molecule has 10 heteroatoms. The lowest BCUT2D eigenvalue weighted by Gasteiger charge is -2.26. The van der Waals surface area contributed by atoms with Gasteiger partial charge in [-0.05, 0) is 50.5 Å². The summed E-state index contributed by atoms with van der Waals surface area (Å²) in [6.45, 7) is 8.40. The average molecular weight is 572 g/mol. The van der Waals surface area contributed by atoms with Gasteiger partial charge in [0.2, 0.25) is 11.8 Å². The number of aliphatic hydroxyl groups is 1. The quantitative estimate of drug-likeness (QED) is 0.131. The second-order valence-electron chi connectivity index (χ2n) is 10.2. The monoisotopic (exact) mass is 571 g/mol. The Morgan fingerprint density at radius 2 is 1.88 bits per heavy atom. The van der Waals surface area contributed by atoms with Crippen LogP contribution < -0.4 is 10.6 Å². The van der Waals surface area contributed by atoms with Crippen LogP contribution in [0.5, 0.6) is 0 Å². The maximum Gasteiger partial charge on any atom is 0.407 e. The summed E-state index contributed by atoms with van der Waals surface area (Å²) in [5, 5.41) is 15.2. The van der Waals surface area contributed by atoms with Crippen LogP contribution in [0.15, 0.2) is 55.6 Å². The third kappa shape index (κ3) is 13.0. The van der Waals surface area contributed by atoms with Gasteiger partial charge in [0, 0.05) is 25.9 Å². The number of nitrogens with one attached hydrogen (secondary N) is 2. The van der Waals surface area contributed by atoms with Crippen molar-refractivity contribution >= 4 is 23.9 Å². The minimum Gasteiger partial charge on any atom is -0.463 e. The molecule has 1 aliphatic rings. The van der Waals surface area contributed by atoms with Crippen molar-refractivity contribution in [2.24, 2.45) is 5.92 Å². The molecule has 1 fully saturated rings. The van der Waals surface area contributed by atoms with Crippen molar-refractivity contribution < 1.29 is 33.8 Å². The smallest absolute Gasteiger partial charge is 0.407 e. The molecule has 41 heavy (non-hydrogen) atoms. The highest BCUT2D eigenvalue weighted by Gasteiger charge is 2.31. The molecule has 3 N–H and O–H groups in total. The molecule has 226 valence electrons. The van der Waals surface area contributed by atoms with Crippen LogP contribution in [0.25, 0.3) is 0 Å². The average Bonchev–Trinajstić information content (AvgIpc) is 3.47. The molecule has 1 saturated heterocycles. The van der Waals surface area contributed by atoms with Gasteiger partial charge in [-0.2, -0.15) is 0 Å². The second kappa shape index (κ2) is 19.4. The zero-order valence-electron chi connectivity index (χ0n) is 23.9. The minimum absolute atomic E-state index is 0.00172. The van der Waals surface area contributed by atoms with Gasteiger partial charge in [0.15, 0.2) is 0 Å². The van der Waals surface area contributed by atoms with E-state index in [4.69, 9.17) is 9.47 Å². The van der Waals surface area contributed by atoms with Gasteiger partial charge in [-0.25, -0.2) is 4.79 Å². The van der Waals surface area contributed by atoms with Crippen LogP contribution in [0, 0.1) is 5.92 Å². The van der Waals surface area contributed by atoms with Crippen LogP contribution in [-0.2, 0) is 30.5 Å². The SMILES string of the molecule is C=CCCC(=O)OCC(CCCCNC(=O)OCc1ccccc1)NC(=O)C(CC=C)CC(=O)N1CCCC1CO. The highest BCUT2D eigenvalue weighted by molar-refractivity contribution is 5.86. The number of nitrogens with zero attached hydrogens (tertiary/aromatic N) is 1. The topological polar surface area (TPSA) is 134 Å². The Kier molecular flexibility index (Phi) is 15.9. The van der Waals surface area contributed by atoms with Crippen LogP contribution in [-0.4, -0.2) is 72.3 Å². The number of aliphatic hydroxyl groups excluding tert-OH is 1. The van der Waals surface area contributed by atoms with Gasteiger partial charge < -0.3 is 30.1 Å². The van der Waals surface area contributed by atoms with Gasteiger partial charge in [0.25, 0.3) is 0 Å². The molecular weight excluding hydrogens is 526 g/mol. The maximum atomic E-state index is 13.2. The van der Waals surface area contributed by atoms with E-state index in [-0.39, 0.29) is 56.5 Å². The number of alkyl carbamates (subject to hydrolysis) is 1. The number of likely N-dealkylation sites (tertiary alicyclic amines) is 1. The van der Waals surface area contributed by atoms with Crippen LogP contribution in [0.4, 0.5) is 4.79 Å². The molecule has 0 aromatic heterocycles. The molecule has 3 atom stereocenters. The lowest BCUT2D eigenvalue weighted by Crippen LogP contribution is -2.44. The number of esters is 1. The number of hydrogen-bond donors (Lipinski definition) is 3. The zero-order chi connectivity index (χ0) is 29.9. The van der Waals surface area contributed by atoms with Crippen LogP contribution in [0.3, 0.4) is 0 Å². The van der Waals surface area contributed by atoms with E-state index in [2.05, 4.69) is 23.8 Å². The largest absolute Gasteiger partial charge is 0.463 e. The van der Waals surface area contributed by atoms with E-state index < -0.39 is 18.1 Å². The first-order valence-electron chi connectivity index (χ1n) is 14.4. The predicted molar refractivity (Wildman–Crippen MR) is 156 cm³/mol. The van der Waals surface area contributed by atoms with Gasteiger partial charge in [-0.1, -0.05) is 42.5 Å². The summed E-state index contributed by atoms with van der Waals surface area (Å²) < 4.78 is 10.6. The van der Waals surface area contributed by atoms with E-state index >= 15 is 0 Å². The fourth-order valence-electron chi connectivity index (χ4n) is 4.65. The Bertz CT molecular complexity index is 985. The van der Waals surface area contributed by atoms with Crippen molar-refractivity contribution in [2.75, 3.05) is 26.3 Å². The van der Waals surface area contributed by atoms with E-state index in [1.54, 1.807) is 17.1 Å². The molecule has 0 radical (unpaired) electrons. The minimum atomic E-state index is -0.625. The normalized spacial score (nSPS) is 15.8. The number of unbranched alkanes of at least 4 members (excludes halogenated alkanes) is 1. The van der Waals surface area contributed by atoms with Crippen molar-refractivity contribution in [3.8, 4) is 0 Å². The first-order chi connectivity index (χ1) is 19.9. The molecule has 0 spiro atoms. The molecule has 3 unspecified atom stereocenters. The molecule has 0 saturated carbocycles. The fourth-order valence-corrected chi connectivity index (χ4v) is 4.65. The third-order valence-electron chi connectivity index (χ3n) is 6.96. The first-order valence-corrected chi connectivity index (χ1v) is 14.4. The number of benzene rings is 1. The highest BCUT2D eigenvalue weighted by Crippen LogP contribution is 2.21. The van der Waals surface area contributed by atoms with Gasteiger partial charge >= 0.3 is 12.1 Å². The number of carbonyl (C=O) groups is 4. The summed E-state index contributed by atoms with van der Waals surface area (Å²) in [7, 11) is 0. The molecule has 1 aromatic rings. The number of carbonyl (C=O) groups excluding carboxylic acids is 4. The number of amides is 3. The summed E-state index contributed by atoms with van der Waals surface area (Å²) in [5.74, 6) is -1.48. The second-order valence-corrected chi connectivity index (χ2v) is 10.2. The highest BCUT2D eigenvalue weighted by atomic mass is 16.5. The number of ether oxygens (including phenoxy) is 2. The molecule has 1 heterocycles. The molecular formula is C31H45N3O7. The molecule has 10 nitrogen and oxygen atoms in total. The number of rotatable bonds is 19. The molecule has 0 aliphatic carbocycles. The van der Waals surface area contributed by atoms with E-state index in [0.717, 1.165) is 18.4 Å². The van der Waals surface area contributed by atoms with Gasteiger partial charge in [-0.15, -0.1) is 13.2 Å². The van der Waals surface area contributed by atoms with Gasteiger partial charge in [0.05, 0.1) is 24.6 Å². The molecule has 0 bridgehead atoms. The Morgan fingerprint density at radius 3 is 2.59 bits per heavy atom. The summed E-state index contributed by atoms with van der Waals surface area (Å²) in [5.41, 5.74) is 0.897. The summed E-state index contributed by atoms with van der Waals surface area (Å²) in [6.07, 6.45) is 7.12. The lowest BCUT2D eigenvalue weighted by atomic mass is 9.98. The Hall–Kier alpha value is -3.66. The molecule has 2 rings (SSSR count). The van der Waals surface area contributed by atoms with Gasteiger partial charge in [0.1, 0.15) is 13.2 Å². The van der Waals surface area contributed by atoms with Crippen molar-refractivity contribution in [1.29, 1.82) is 0 Å². The molecule has 1 aliphatic heterocycles. The zero-order valence-corrected chi connectivity index (χ0v) is 23.9. The van der Waals surface area contributed by atoms with E-state index in [9.17, 15) is 24.3 Å². The Balaban J connectivity index is 1.86. The standard InChI is InChI=1S/C31H45N3O7/c1-3-5-17-29(37)40-23-26(15-9-10-18-32-31(39)41-22-24-13-7-6-8-14-24)33-30(38)25(12-4-2)20-28(36)34-19-11-16-27(34)21-35/h3-4,6-8,13-14,25-27,35H,1-2,5,9-12,15-23H2,(H,32,39)(H,33,38). The summed E-state index contributed by atoms with van der Waals surface area (Å²) in [4.78, 5) is 51.8. The van der Waals surface area contributed by atoms with Crippen LogP contribution in [0.2, 0.25) is 0 Å². The van der Waals surface area contributed by atoms with Crippen LogP contribution in [0.1, 0.15) is 63.4 Å². The van der Waals surface area contributed by atoms with Crippen molar-refractivity contribution in [3.63, 3.8) is 0 Å². The maximum absolute atomic E-state index is 13.2. The summed E-state index contributed by atoms with van der Waals surface area (Å²) >= 11 is 0. The molecule has 1 aromatic carbocycles. The van der Waals surface area contributed by atoms with Crippen molar-refractivity contribution in [1.82, 2.24) is 15.5 Å². The predicted octanol–water partition coefficient (Wildman–Crippen LogP) is 3.64. The fraction of sp³-hybridized carbons (Fsp3) is 0.548. The van der Waals surface area contributed by atoms with E-state index in [1.165, 1.54) is 0 Å². The Labute approximate surface area is 243 Å². The lowest BCUT2D eigenvalue weighted by molar-refractivity contribution is -0.145. The van der Waals surface area contributed by atoms with Gasteiger partial charge in [-0.3, -0.25) is 14.4 Å². The first kappa shape index (κ1) is 33.5. The Morgan fingerprint density at radius 1 is 1.10 bits per heavy atom. The van der Waals surface area contributed by atoms with E-state index in [0.29, 0.717) is 45.2 Å². The molecule has 3 amide bonds. The number of hydrogen-bond acceptors (Lipinski definition) is 7. The van der Waals surface area contributed by atoms with Crippen molar-refractivity contribution in [3.05, 3.63) is 61.2 Å². The van der Waals surface area contributed by atoms with E-state index in [1.807, 2.05) is 30.3 Å². The van der Waals surface area contributed by atoms with Crippen LogP contribution >= 0.6 is 0 Å². The van der Waals surface area contributed by atoms with Crippen molar-refractivity contribution in [2.45, 2.75) is 76.5 Å².